The van der Waals surface area contributed by atoms with E-state index in [4.69, 9.17) is 5.73 Å². The molecular weight excluding hydrogens is 216 g/mol. The van der Waals surface area contributed by atoms with Crippen molar-refractivity contribution in [3.8, 4) is 0 Å². The topological polar surface area (TPSA) is 29.3 Å². The van der Waals surface area contributed by atoms with Gasteiger partial charge < -0.3 is 5.73 Å². The SMILES string of the molecule is C=CCN(Cc1ccc(CN)s1)C(C)(C)C. The third-order valence-corrected chi connectivity index (χ3v) is 3.66. The van der Waals surface area contributed by atoms with Crippen molar-refractivity contribution in [1.82, 2.24) is 4.90 Å². The van der Waals surface area contributed by atoms with Crippen LogP contribution in [0.3, 0.4) is 0 Å². The van der Waals surface area contributed by atoms with Gasteiger partial charge in [-0.05, 0) is 32.9 Å². The maximum Gasteiger partial charge on any atom is 0.0336 e. The number of hydrogen-bond acceptors (Lipinski definition) is 3. The third-order valence-electron chi connectivity index (χ3n) is 2.56. The molecule has 2 N–H and O–H groups in total. The molecule has 0 fully saturated rings. The highest BCUT2D eigenvalue weighted by Crippen LogP contribution is 2.22. The normalized spacial score (nSPS) is 12.1. The van der Waals surface area contributed by atoms with Crippen molar-refractivity contribution in [3.05, 3.63) is 34.5 Å². The summed E-state index contributed by atoms with van der Waals surface area (Å²) in [5.41, 5.74) is 5.79. The van der Waals surface area contributed by atoms with E-state index in [0.717, 1.165) is 13.1 Å². The first-order chi connectivity index (χ1) is 7.47. The van der Waals surface area contributed by atoms with E-state index >= 15 is 0 Å². The first-order valence-electron chi connectivity index (χ1n) is 5.61. The molecule has 0 saturated heterocycles. The summed E-state index contributed by atoms with van der Waals surface area (Å²) >= 11 is 1.80. The lowest BCUT2D eigenvalue weighted by Gasteiger charge is -2.34. The average Bonchev–Trinajstić information content (AvgIpc) is 2.63. The molecule has 0 aliphatic heterocycles. The number of hydrogen-bond donors (Lipinski definition) is 1. The molecule has 0 bridgehead atoms. The molecular formula is C13H22N2S. The van der Waals surface area contributed by atoms with Crippen LogP contribution in [-0.4, -0.2) is 17.0 Å². The Kier molecular flexibility index (Phi) is 4.71. The predicted octanol–water partition coefficient (Wildman–Crippen LogP) is 2.99. The molecule has 0 unspecified atom stereocenters. The summed E-state index contributed by atoms with van der Waals surface area (Å²) in [4.78, 5) is 5.03. The van der Waals surface area contributed by atoms with Gasteiger partial charge in [-0.25, -0.2) is 0 Å². The lowest BCUT2D eigenvalue weighted by molar-refractivity contribution is 0.147. The van der Waals surface area contributed by atoms with E-state index in [9.17, 15) is 0 Å². The molecule has 0 amide bonds. The van der Waals surface area contributed by atoms with Crippen LogP contribution in [0.4, 0.5) is 0 Å². The lowest BCUT2D eigenvalue weighted by Crippen LogP contribution is -2.40. The van der Waals surface area contributed by atoms with Gasteiger partial charge in [-0.1, -0.05) is 6.08 Å². The Balaban J connectivity index is 2.71. The fourth-order valence-corrected chi connectivity index (χ4v) is 2.45. The van der Waals surface area contributed by atoms with Gasteiger partial charge in [-0.2, -0.15) is 0 Å². The highest BCUT2D eigenvalue weighted by Gasteiger charge is 2.20. The molecule has 3 heteroatoms. The van der Waals surface area contributed by atoms with E-state index in [2.05, 4.69) is 44.4 Å². The van der Waals surface area contributed by atoms with Crippen molar-refractivity contribution in [2.24, 2.45) is 5.73 Å². The van der Waals surface area contributed by atoms with Crippen molar-refractivity contribution >= 4 is 11.3 Å². The van der Waals surface area contributed by atoms with Crippen LogP contribution in [0.25, 0.3) is 0 Å². The quantitative estimate of drug-likeness (QED) is 0.799. The summed E-state index contributed by atoms with van der Waals surface area (Å²) in [6, 6.07) is 4.30. The number of rotatable bonds is 5. The van der Waals surface area contributed by atoms with Gasteiger partial charge in [0.2, 0.25) is 0 Å². The summed E-state index contributed by atoms with van der Waals surface area (Å²) in [6.07, 6.45) is 1.96. The molecule has 0 saturated carbocycles. The van der Waals surface area contributed by atoms with Gasteiger partial charge in [0.1, 0.15) is 0 Å². The van der Waals surface area contributed by atoms with Gasteiger partial charge >= 0.3 is 0 Å². The fourth-order valence-electron chi connectivity index (χ4n) is 1.54. The second kappa shape index (κ2) is 5.62. The Morgan fingerprint density at radius 3 is 2.44 bits per heavy atom. The van der Waals surface area contributed by atoms with Crippen LogP contribution in [-0.2, 0) is 13.1 Å². The average molecular weight is 238 g/mol. The van der Waals surface area contributed by atoms with Crippen LogP contribution in [0, 0.1) is 0 Å². The minimum Gasteiger partial charge on any atom is -0.326 e. The lowest BCUT2D eigenvalue weighted by atomic mass is 10.1. The summed E-state index contributed by atoms with van der Waals surface area (Å²) in [6.45, 7) is 13.0. The van der Waals surface area contributed by atoms with Crippen molar-refractivity contribution < 1.29 is 0 Å². The van der Waals surface area contributed by atoms with Crippen molar-refractivity contribution in [2.75, 3.05) is 6.54 Å². The molecule has 1 aromatic rings. The third kappa shape index (κ3) is 3.74. The van der Waals surface area contributed by atoms with Gasteiger partial charge in [0.25, 0.3) is 0 Å². The standard InChI is InChI=1S/C13H22N2S/c1-5-8-15(13(2,3)4)10-12-7-6-11(9-14)16-12/h5-7H,1,8-10,14H2,2-4H3. The molecule has 2 nitrogen and oxygen atoms in total. The number of thiophene rings is 1. The molecule has 1 aromatic heterocycles. The van der Waals surface area contributed by atoms with E-state index in [0.29, 0.717) is 6.54 Å². The maximum absolute atomic E-state index is 5.62. The van der Waals surface area contributed by atoms with Gasteiger partial charge in [0, 0.05) is 34.9 Å². The molecule has 0 radical (unpaired) electrons. The van der Waals surface area contributed by atoms with Crippen LogP contribution in [0.15, 0.2) is 24.8 Å². The molecule has 0 aliphatic carbocycles. The van der Waals surface area contributed by atoms with E-state index < -0.39 is 0 Å². The highest BCUT2D eigenvalue weighted by molar-refractivity contribution is 7.11. The summed E-state index contributed by atoms with van der Waals surface area (Å²) in [5.74, 6) is 0. The zero-order valence-electron chi connectivity index (χ0n) is 10.5. The maximum atomic E-state index is 5.62. The summed E-state index contributed by atoms with van der Waals surface area (Å²) < 4.78 is 0. The van der Waals surface area contributed by atoms with Gasteiger partial charge in [-0.15, -0.1) is 17.9 Å². The van der Waals surface area contributed by atoms with Crippen LogP contribution in [0.2, 0.25) is 0 Å². The van der Waals surface area contributed by atoms with Crippen LogP contribution >= 0.6 is 11.3 Å². The van der Waals surface area contributed by atoms with Crippen LogP contribution < -0.4 is 5.73 Å². The van der Waals surface area contributed by atoms with E-state index in [1.807, 2.05) is 6.08 Å². The smallest absolute Gasteiger partial charge is 0.0336 e. The Morgan fingerprint density at radius 1 is 1.38 bits per heavy atom. The van der Waals surface area contributed by atoms with Crippen molar-refractivity contribution in [2.45, 2.75) is 39.4 Å². The van der Waals surface area contributed by atoms with Crippen LogP contribution in [0.5, 0.6) is 0 Å². The second-order valence-corrected chi connectivity index (χ2v) is 6.17. The summed E-state index contributed by atoms with van der Waals surface area (Å²) in [7, 11) is 0. The van der Waals surface area contributed by atoms with E-state index in [-0.39, 0.29) is 5.54 Å². The predicted molar refractivity (Wildman–Crippen MR) is 72.6 cm³/mol. The summed E-state index contributed by atoms with van der Waals surface area (Å²) in [5, 5.41) is 0. The number of nitrogens with two attached hydrogens (primary N) is 1. The second-order valence-electron chi connectivity index (χ2n) is 4.91. The Labute approximate surface area is 103 Å². The minimum atomic E-state index is 0.168. The molecule has 1 rings (SSSR count). The molecule has 16 heavy (non-hydrogen) atoms. The highest BCUT2D eigenvalue weighted by atomic mass is 32.1. The van der Waals surface area contributed by atoms with Crippen molar-refractivity contribution in [1.29, 1.82) is 0 Å². The van der Waals surface area contributed by atoms with E-state index in [1.54, 1.807) is 11.3 Å². The Hall–Kier alpha value is -0.640. The van der Waals surface area contributed by atoms with E-state index in [1.165, 1.54) is 9.75 Å². The zero-order chi connectivity index (χ0) is 12.2. The zero-order valence-corrected chi connectivity index (χ0v) is 11.3. The molecule has 0 atom stereocenters. The van der Waals surface area contributed by atoms with Gasteiger partial charge in [-0.3, -0.25) is 4.90 Å². The molecule has 1 heterocycles. The van der Waals surface area contributed by atoms with Gasteiger partial charge in [0.05, 0.1) is 0 Å². The minimum absolute atomic E-state index is 0.168. The Morgan fingerprint density at radius 2 is 2.00 bits per heavy atom. The molecule has 0 aromatic carbocycles. The van der Waals surface area contributed by atoms with Crippen molar-refractivity contribution in [3.63, 3.8) is 0 Å². The van der Waals surface area contributed by atoms with Crippen LogP contribution in [0.1, 0.15) is 30.5 Å². The molecule has 90 valence electrons. The largest absolute Gasteiger partial charge is 0.326 e. The number of nitrogens with zero attached hydrogens (tertiary/aromatic N) is 1. The molecule has 0 aliphatic rings. The fraction of sp³-hybridized carbons (Fsp3) is 0.538. The first-order valence-corrected chi connectivity index (χ1v) is 6.42. The monoisotopic (exact) mass is 238 g/mol. The molecule has 0 spiro atoms. The van der Waals surface area contributed by atoms with Gasteiger partial charge in [0.15, 0.2) is 0 Å². The Bertz CT molecular complexity index is 336. The first kappa shape index (κ1) is 13.4.